The van der Waals surface area contributed by atoms with Crippen LogP contribution in [0.2, 0.25) is 0 Å². The van der Waals surface area contributed by atoms with E-state index < -0.39 is 0 Å². The van der Waals surface area contributed by atoms with Crippen LogP contribution in [0.4, 0.5) is 5.88 Å². The van der Waals surface area contributed by atoms with Gasteiger partial charge in [0.1, 0.15) is 34.3 Å². The van der Waals surface area contributed by atoms with Gasteiger partial charge in [0.15, 0.2) is 5.65 Å². The Bertz CT molecular complexity index is 923. The molecule has 9 heteroatoms. The third-order valence-electron chi connectivity index (χ3n) is 3.28. The van der Waals surface area contributed by atoms with Gasteiger partial charge < -0.3 is 9.40 Å². The molecular weight excluding hydrogens is 316 g/mol. The van der Waals surface area contributed by atoms with Crippen molar-refractivity contribution in [2.24, 2.45) is 0 Å². The Hall–Kier alpha value is -2.86. The highest BCUT2D eigenvalue weighted by Gasteiger charge is 2.17. The molecule has 0 aliphatic carbocycles. The Kier molecular flexibility index (Phi) is 3.99. The van der Waals surface area contributed by atoms with Crippen LogP contribution in [0.25, 0.3) is 11.2 Å². The molecular formula is C14H12N6O2S. The molecule has 23 heavy (non-hydrogen) atoms. The summed E-state index contributed by atoms with van der Waals surface area (Å²) in [6.45, 7) is 3.52. The molecule has 0 radical (unpaired) electrons. The Morgan fingerprint density at radius 3 is 3.04 bits per heavy atom. The summed E-state index contributed by atoms with van der Waals surface area (Å²) < 4.78 is 5.41. The average molecular weight is 328 g/mol. The van der Waals surface area contributed by atoms with Gasteiger partial charge in [0.25, 0.3) is 0 Å². The highest BCUT2D eigenvalue weighted by atomic mass is 32.2. The van der Waals surface area contributed by atoms with Crippen LogP contribution in [0.3, 0.4) is 0 Å². The summed E-state index contributed by atoms with van der Waals surface area (Å²) in [5.74, 6) is 0.628. The number of anilines is 1. The lowest BCUT2D eigenvalue weighted by Crippen LogP contribution is -2.14. The van der Waals surface area contributed by atoms with Crippen LogP contribution in [0.1, 0.15) is 16.9 Å². The molecule has 2 N–H and O–H groups in total. The second-order valence-electron chi connectivity index (χ2n) is 4.72. The fourth-order valence-electron chi connectivity index (χ4n) is 2.00. The van der Waals surface area contributed by atoms with Crippen molar-refractivity contribution in [2.75, 3.05) is 11.1 Å². The number of H-pyrrole nitrogens is 1. The maximum absolute atomic E-state index is 12.1. The van der Waals surface area contributed by atoms with Gasteiger partial charge in [-0.2, -0.15) is 5.26 Å². The zero-order chi connectivity index (χ0) is 16.4. The summed E-state index contributed by atoms with van der Waals surface area (Å²) in [5.41, 5.74) is 2.31. The van der Waals surface area contributed by atoms with Crippen LogP contribution in [-0.2, 0) is 4.79 Å². The van der Waals surface area contributed by atoms with Gasteiger partial charge in [-0.05, 0) is 13.8 Å². The molecule has 0 fully saturated rings. The van der Waals surface area contributed by atoms with Crippen molar-refractivity contribution < 1.29 is 9.21 Å². The highest BCUT2D eigenvalue weighted by molar-refractivity contribution is 8.00. The number of amides is 1. The van der Waals surface area contributed by atoms with Gasteiger partial charge in [0.05, 0.1) is 12.1 Å². The monoisotopic (exact) mass is 328 g/mol. The number of aromatic nitrogens is 4. The van der Waals surface area contributed by atoms with E-state index in [1.807, 2.05) is 6.07 Å². The number of carbonyl (C=O) groups excluding carboxylic acids is 1. The van der Waals surface area contributed by atoms with E-state index in [9.17, 15) is 4.79 Å². The van der Waals surface area contributed by atoms with Gasteiger partial charge in [-0.15, -0.1) is 0 Å². The predicted octanol–water partition coefficient (Wildman–Crippen LogP) is 2.17. The molecule has 0 aromatic carbocycles. The molecule has 0 atom stereocenters. The van der Waals surface area contributed by atoms with E-state index in [1.165, 1.54) is 24.4 Å². The number of hydrogen-bond donors (Lipinski definition) is 2. The molecule has 0 spiro atoms. The van der Waals surface area contributed by atoms with E-state index in [-0.39, 0.29) is 17.5 Å². The molecule has 8 nitrogen and oxygen atoms in total. The average Bonchev–Trinajstić information content (AvgIpc) is 3.11. The third kappa shape index (κ3) is 2.89. The normalized spacial score (nSPS) is 10.7. The third-order valence-corrected chi connectivity index (χ3v) is 4.27. The van der Waals surface area contributed by atoms with Crippen LogP contribution in [0, 0.1) is 25.2 Å². The Balaban J connectivity index is 1.70. The molecule has 3 rings (SSSR count). The van der Waals surface area contributed by atoms with Crippen molar-refractivity contribution in [2.45, 2.75) is 18.9 Å². The second-order valence-corrected chi connectivity index (χ2v) is 5.68. The minimum atomic E-state index is -0.286. The fraction of sp³-hybridized carbons (Fsp3) is 0.214. The molecule has 0 aliphatic heterocycles. The van der Waals surface area contributed by atoms with Gasteiger partial charge in [-0.1, -0.05) is 11.8 Å². The van der Waals surface area contributed by atoms with Gasteiger partial charge in [-0.3, -0.25) is 10.1 Å². The summed E-state index contributed by atoms with van der Waals surface area (Å²) in [5, 5.41) is 12.4. The first kappa shape index (κ1) is 15.1. The molecule has 116 valence electrons. The van der Waals surface area contributed by atoms with Gasteiger partial charge in [0, 0.05) is 5.56 Å². The summed E-state index contributed by atoms with van der Waals surface area (Å²) in [7, 11) is 0. The van der Waals surface area contributed by atoms with Crippen LogP contribution >= 0.6 is 11.8 Å². The predicted molar refractivity (Wildman–Crippen MR) is 83.9 cm³/mol. The first-order chi connectivity index (χ1) is 11.1. The van der Waals surface area contributed by atoms with Gasteiger partial charge in [0.2, 0.25) is 11.8 Å². The van der Waals surface area contributed by atoms with Crippen molar-refractivity contribution in [3.05, 3.63) is 29.5 Å². The van der Waals surface area contributed by atoms with E-state index in [0.717, 1.165) is 5.56 Å². The first-order valence-electron chi connectivity index (χ1n) is 6.67. The fourth-order valence-corrected chi connectivity index (χ4v) is 2.75. The molecule has 0 bridgehead atoms. The Morgan fingerprint density at radius 2 is 2.26 bits per heavy atom. The van der Waals surface area contributed by atoms with Crippen molar-refractivity contribution in [3.8, 4) is 6.07 Å². The molecule has 0 unspecified atom stereocenters. The zero-order valence-corrected chi connectivity index (χ0v) is 13.2. The largest absolute Gasteiger partial charge is 0.444 e. The summed E-state index contributed by atoms with van der Waals surface area (Å²) >= 11 is 1.25. The number of nitrogens with one attached hydrogen (secondary N) is 2. The number of furan rings is 1. The number of thioether (sulfide) groups is 1. The molecule has 3 heterocycles. The first-order valence-corrected chi connectivity index (χ1v) is 7.65. The number of nitriles is 1. The highest BCUT2D eigenvalue weighted by Crippen LogP contribution is 2.26. The van der Waals surface area contributed by atoms with Gasteiger partial charge in [-0.25, -0.2) is 15.0 Å². The van der Waals surface area contributed by atoms with Crippen LogP contribution in [0.5, 0.6) is 0 Å². The summed E-state index contributed by atoms with van der Waals surface area (Å²) in [6, 6.07) is 2.04. The number of hydrogen-bond acceptors (Lipinski definition) is 7. The van der Waals surface area contributed by atoms with Crippen molar-refractivity contribution in [1.82, 2.24) is 19.9 Å². The maximum atomic E-state index is 12.1. The van der Waals surface area contributed by atoms with Crippen LogP contribution < -0.4 is 5.32 Å². The lowest BCUT2D eigenvalue weighted by atomic mass is 10.2. The SMILES string of the molecule is Cc1oc(NC(=O)CSc2ncnc3nc[nH]c23)c(C#N)c1C. The van der Waals surface area contributed by atoms with Crippen LogP contribution in [0.15, 0.2) is 22.1 Å². The van der Waals surface area contributed by atoms with E-state index >= 15 is 0 Å². The minimum absolute atomic E-state index is 0.120. The maximum Gasteiger partial charge on any atom is 0.237 e. The molecule has 0 aliphatic rings. The number of rotatable bonds is 4. The summed E-state index contributed by atoms with van der Waals surface area (Å²) in [6.07, 6.45) is 2.92. The number of imidazole rings is 1. The van der Waals surface area contributed by atoms with Crippen LogP contribution in [-0.4, -0.2) is 31.6 Å². The lowest BCUT2D eigenvalue weighted by molar-refractivity contribution is -0.113. The topological polar surface area (TPSA) is 120 Å². The zero-order valence-electron chi connectivity index (χ0n) is 12.4. The molecule has 0 saturated heterocycles. The Morgan fingerprint density at radius 1 is 1.43 bits per heavy atom. The quantitative estimate of drug-likeness (QED) is 0.556. The van der Waals surface area contributed by atoms with E-state index in [0.29, 0.717) is 27.5 Å². The Labute approximate surface area is 135 Å². The number of aromatic amines is 1. The van der Waals surface area contributed by atoms with Gasteiger partial charge >= 0.3 is 0 Å². The van der Waals surface area contributed by atoms with E-state index in [2.05, 4.69) is 25.3 Å². The number of carbonyl (C=O) groups is 1. The van der Waals surface area contributed by atoms with E-state index in [4.69, 9.17) is 9.68 Å². The molecule has 1 amide bonds. The molecule has 3 aromatic rings. The minimum Gasteiger partial charge on any atom is -0.444 e. The van der Waals surface area contributed by atoms with Crippen molar-refractivity contribution in [1.29, 1.82) is 5.26 Å². The lowest BCUT2D eigenvalue weighted by Gasteiger charge is -2.03. The number of nitrogens with zero attached hydrogens (tertiary/aromatic N) is 4. The van der Waals surface area contributed by atoms with E-state index in [1.54, 1.807) is 13.8 Å². The number of fused-ring (bicyclic) bond motifs is 1. The second kappa shape index (κ2) is 6.10. The molecule has 3 aromatic heterocycles. The van der Waals surface area contributed by atoms with Crippen molar-refractivity contribution in [3.63, 3.8) is 0 Å². The number of aryl methyl sites for hydroxylation is 1. The molecule has 0 saturated carbocycles. The smallest absolute Gasteiger partial charge is 0.237 e. The standard InChI is InChI=1S/C14H12N6O2S/c1-7-8(2)22-13(9(7)3-15)20-10(21)4-23-14-11-12(17-5-16-11)18-6-19-14/h5-6H,4H2,1-2H3,(H,20,21)(H,16,17,18,19). The van der Waals surface area contributed by atoms with Crippen molar-refractivity contribution >= 4 is 34.7 Å². The summed E-state index contributed by atoms with van der Waals surface area (Å²) in [4.78, 5) is 27.2.